The molecule has 26 heavy (non-hydrogen) atoms. The molecule has 2 aromatic rings. The minimum atomic E-state index is 0. The van der Waals surface area contributed by atoms with Crippen molar-refractivity contribution in [1.82, 2.24) is 20.8 Å². The van der Waals surface area contributed by atoms with E-state index in [9.17, 15) is 0 Å². The zero-order chi connectivity index (χ0) is 18.3. The normalized spacial score (nSPS) is 12.0. The van der Waals surface area contributed by atoms with E-state index in [0.717, 1.165) is 18.3 Å². The molecule has 0 aliphatic carbocycles. The lowest BCUT2D eigenvalue weighted by molar-refractivity contribution is 0.371. The van der Waals surface area contributed by atoms with E-state index in [4.69, 9.17) is 4.52 Å². The third kappa shape index (κ3) is 6.59. The number of nitrogens with one attached hydrogen (secondary N) is 2. The standard InChI is InChI=1S/C19H29N5O.HI/c1-14(2)17-23-16(25-24-17)11-12-21-18(20-5)22-13-19(3,4)15-9-7-6-8-10-15;/h6-10,14H,11-13H2,1-5H3,(H2,20,21,22);1H. The Morgan fingerprint density at radius 2 is 1.88 bits per heavy atom. The van der Waals surface area contributed by atoms with Gasteiger partial charge in [0.15, 0.2) is 11.8 Å². The molecule has 0 amide bonds. The highest BCUT2D eigenvalue weighted by Gasteiger charge is 2.20. The first-order valence-electron chi connectivity index (χ1n) is 8.75. The van der Waals surface area contributed by atoms with Crippen LogP contribution in [0.3, 0.4) is 0 Å². The molecular formula is C19H30IN5O. The highest BCUT2D eigenvalue weighted by Crippen LogP contribution is 2.21. The van der Waals surface area contributed by atoms with Crippen molar-refractivity contribution in [3.63, 3.8) is 0 Å². The van der Waals surface area contributed by atoms with Gasteiger partial charge >= 0.3 is 0 Å². The maximum Gasteiger partial charge on any atom is 0.228 e. The Hall–Kier alpha value is -1.64. The molecule has 0 saturated heterocycles. The van der Waals surface area contributed by atoms with Gasteiger partial charge in [0.2, 0.25) is 5.89 Å². The summed E-state index contributed by atoms with van der Waals surface area (Å²) in [4.78, 5) is 8.66. The molecule has 6 nitrogen and oxygen atoms in total. The Morgan fingerprint density at radius 3 is 2.46 bits per heavy atom. The maximum atomic E-state index is 5.25. The van der Waals surface area contributed by atoms with Crippen LogP contribution >= 0.6 is 24.0 Å². The second-order valence-electron chi connectivity index (χ2n) is 7.05. The summed E-state index contributed by atoms with van der Waals surface area (Å²) in [7, 11) is 1.77. The molecular weight excluding hydrogens is 441 g/mol. The van der Waals surface area contributed by atoms with Gasteiger partial charge in [-0.3, -0.25) is 4.99 Å². The van der Waals surface area contributed by atoms with E-state index < -0.39 is 0 Å². The third-order valence-corrected chi connectivity index (χ3v) is 4.11. The summed E-state index contributed by atoms with van der Waals surface area (Å²) < 4.78 is 5.25. The number of hydrogen-bond acceptors (Lipinski definition) is 4. The first kappa shape index (κ1) is 22.4. The van der Waals surface area contributed by atoms with E-state index in [2.05, 4.69) is 63.9 Å². The predicted octanol–water partition coefficient (Wildman–Crippen LogP) is 3.50. The molecule has 0 saturated carbocycles. The molecule has 0 radical (unpaired) electrons. The largest absolute Gasteiger partial charge is 0.356 e. The molecule has 1 aromatic heterocycles. The molecule has 7 heteroatoms. The zero-order valence-electron chi connectivity index (χ0n) is 16.2. The topological polar surface area (TPSA) is 75.3 Å². The van der Waals surface area contributed by atoms with Crippen molar-refractivity contribution in [2.45, 2.75) is 45.4 Å². The number of aliphatic imine (C=N–C) groups is 1. The van der Waals surface area contributed by atoms with E-state index in [0.29, 0.717) is 18.9 Å². The van der Waals surface area contributed by atoms with E-state index in [1.807, 2.05) is 19.9 Å². The summed E-state index contributed by atoms with van der Waals surface area (Å²) in [6.45, 7) is 10.0. The fourth-order valence-electron chi connectivity index (χ4n) is 2.41. The summed E-state index contributed by atoms with van der Waals surface area (Å²) in [6, 6.07) is 10.5. The highest BCUT2D eigenvalue weighted by molar-refractivity contribution is 14.0. The number of rotatable bonds is 7. The van der Waals surface area contributed by atoms with Gasteiger partial charge in [-0.2, -0.15) is 4.98 Å². The van der Waals surface area contributed by atoms with Crippen molar-refractivity contribution in [3.05, 3.63) is 47.6 Å². The van der Waals surface area contributed by atoms with Crippen molar-refractivity contribution < 1.29 is 4.52 Å². The second kappa shape index (κ2) is 10.5. The van der Waals surface area contributed by atoms with E-state index in [-0.39, 0.29) is 35.3 Å². The first-order valence-corrected chi connectivity index (χ1v) is 8.75. The smallest absolute Gasteiger partial charge is 0.228 e. The fraction of sp³-hybridized carbons (Fsp3) is 0.526. The van der Waals surface area contributed by atoms with Crippen LogP contribution in [0.15, 0.2) is 39.8 Å². The van der Waals surface area contributed by atoms with Crippen molar-refractivity contribution in [3.8, 4) is 0 Å². The minimum Gasteiger partial charge on any atom is -0.356 e. The van der Waals surface area contributed by atoms with E-state index in [1.54, 1.807) is 7.05 Å². The lowest BCUT2D eigenvalue weighted by Gasteiger charge is -2.26. The van der Waals surface area contributed by atoms with Crippen LogP contribution in [-0.2, 0) is 11.8 Å². The SMILES string of the molecule is CN=C(NCCc1nc(C(C)C)no1)NCC(C)(C)c1ccccc1.I. The molecule has 0 unspecified atom stereocenters. The van der Waals surface area contributed by atoms with Crippen LogP contribution in [0.4, 0.5) is 0 Å². The number of halogens is 1. The van der Waals surface area contributed by atoms with Gasteiger partial charge < -0.3 is 15.2 Å². The van der Waals surface area contributed by atoms with Crippen LogP contribution in [-0.4, -0.2) is 36.2 Å². The van der Waals surface area contributed by atoms with Crippen LogP contribution < -0.4 is 10.6 Å². The summed E-state index contributed by atoms with van der Waals surface area (Å²) in [5.41, 5.74) is 1.31. The highest BCUT2D eigenvalue weighted by atomic mass is 127. The number of nitrogens with zero attached hydrogens (tertiary/aromatic N) is 3. The van der Waals surface area contributed by atoms with Crippen LogP contribution in [0.2, 0.25) is 0 Å². The second-order valence-corrected chi connectivity index (χ2v) is 7.05. The zero-order valence-corrected chi connectivity index (χ0v) is 18.6. The molecule has 1 aromatic carbocycles. The van der Waals surface area contributed by atoms with Crippen molar-refractivity contribution in [2.75, 3.05) is 20.1 Å². The quantitative estimate of drug-likeness (QED) is 0.368. The van der Waals surface area contributed by atoms with E-state index >= 15 is 0 Å². The van der Waals surface area contributed by atoms with E-state index in [1.165, 1.54) is 5.56 Å². The van der Waals surface area contributed by atoms with Gasteiger partial charge in [-0.15, -0.1) is 24.0 Å². The number of guanidine groups is 1. The molecule has 0 bridgehead atoms. The Kier molecular flexibility index (Phi) is 9.04. The Morgan fingerprint density at radius 1 is 1.19 bits per heavy atom. The van der Waals surface area contributed by atoms with Gasteiger partial charge in [-0.05, 0) is 5.56 Å². The molecule has 0 aliphatic rings. The van der Waals surface area contributed by atoms with Gasteiger partial charge in [0, 0.05) is 37.9 Å². The van der Waals surface area contributed by atoms with Crippen molar-refractivity contribution >= 4 is 29.9 Å². The van der Waals surface area contributed by atoms with Crippen LogP contribution in [0.1, 0.15) is 50.9 Å². The third-order valence-electron chi connectivity index (χ3n) is 4.11. The summed E-state index contributed by atoms with van der Waals surface area (Å²) in [5.74, 6) is 2.45. The molecule has 2 N–H and O–H groups in total. The number of aromatic nitrogens is 2. The molecule has 2 rings (SSSR count). The molecule has 0 atom stereocenters. The lowest BCUT2D eigenvalue weighted by atomic mass is 9.85. The van der Waals surface area contributed by atoms with Crippen LogP contribution in [0.5, 0.6) is 0 Å². The molecule has 1 heterocycles. The molecule has 0 spiro atoms. The number of hydrogen-bond donors (Lipinski definition) is 2. The van der Waals surface area contributed by atoms with Crippen LogP contribution in [0, 0.1) is 0 Å². The molecule has 0 fully saturated rings. The lowest BCUT2D eigenvalue weighted by Crippen LogP contribution is -2.44. The summed E-state index contributed by atoms with van der Waals surface area (Å²) in [6.07, 6.45) is 0.669. The van der Waals surface area contributed by atoms with Gasteiger partial charge in [-0.25, -0.2) is 0 Å². The monoisotopic (exact) mass is 471 g/mol. The average Bonchev–Trinajstić information content (AvgIpc) is 3.08. The fourth-order valence-corrected chi connectivity index (χ4v) is 2.41. The Balaban J connectivity index is 0.00000338. The minimum absolute atomic E-state index is 0. The average molecular weight is 471 g/mol. The van der Waals surface area contributed by atoms with Crippen molar-refractivity contribution in [1.29, 1.82) is 0 Å². The van der Waals surface area contributed by atoms with Crippen LogP contribution in [0.25, 0.3) is 0 Å². The Bertz CT molecular complexity index is 682. The first-order chi connectivity index (χ1) is 11.9. The van der Waals surface area contributed by atoms with Crippen molar-refractivity contribution in [2.24, 2.45) is 4.99 Å². The maximum absolute atomic E-state index is 5.25. The number of benzene rings is 1. The van der Waals surface area contributed by atoms with Gasteiger partial charge in [-0.1, -0.05) is 63.2 Å². The van der Waals surface area contributed by atoms with Gasteiger partial charge in [0.25, 0.3) is 0 Å². The predicted molar refractivity (Wildman–Crippen MR) is 116 cm³/mol. The summed E-state index contributed by atoms with van der Waals surface area (Å²) >= 11 is 0. The Labute approximate surface area is 173 Å². The molecule has 144 valence electrons. The summed E-state index contributed by atoms with van der Waals surface area (Å²) in [5, 5.41) is 10.7. The van der Waals surface area contributed by atoms with Gasteiger partial charge in [0.05, 0.1) is 0 Å². The van der Waals surface area contributed by atoms with Gasteiger partial charge in [0.1, 0.15) is 0 Å². The molecule has 0 aliphatic heterocycles.